The third-order valence-corrected chi connectivity index (χ3v) is 5.12. The second kappa shape index (κ2) is 7.61. The van der Waals surface area contributed by atoms with Crippen LogP contribution < -0.4 is 5.73 Å². The largest absolute Gasteiger partial charge is 0.395 e. The van der Waals surface area contributed by atoms with E-state index in [0.717, 1.165) is 25.9 Å². The zero-order valence-electron chi connectivity index (χ0n) is 13.4. The standard InChI is InChI=1S/C16H34N2O/c1-5-14(6-2)18(10-11-19)12-13-8-7-9-16(3,4)15(13)17/h13-15,19H,5-12,17H2,1-4H3. The molecular formula is C16H34N2O. The number of hydrogen-bond donors (Lipinski definition) is 2. The van der Waals surface area contributed by atoms with Crippen molar-refractivity contribution in [1.29, 1.82) is 0 Å². The third-order valence-electron chi connectivity index (χ3n) is 5.12. The number of hydrogen-bond acceptors (Lipinski definition) is 3. The van der Waals surface area contributed by atoms with Crippen LogP contribution in [-0.4, -0.2) is 41.8 Å². The highest BCUT2D eigenvalue weighted by molar-refractivity contribution is 4.92. The van der Waals surface area contributed by atoms with E-state index in [1.165, 1.54) is 19.3 Å². The Morgan fingerprint density at radius 3 is 2.47 bits per heavy atom. The van der Waals surface area contributed by atoms with Gasteiger partial charge in [-0.05, 0) is 37.0 Å². The Kier molecular flexibility index (Phi) is 6.78. The van der Waals surface area contributed by atoms with Crippen molar-refractivity contribution in [2.75, 3.05) is 19.7 Å². The summed E-state index contributed by atoms with van der Waals surface area (Å²) in [4.78, 5) is 2.46. The predicted octanol–water partition coefficient (Wildman–Crippen LogP) is 2.62. The van der Waals surface area contributed by atoms with Crippen molar-refractivity contribution in [2.45, 2.75) is 71.9 Å². The molecule has 2 atom stereocenters. The van der Waals surface area contributed by atoms with Crippen LogP contribution in [0.1, 0.15) is 59.8 Å². The predicted molar refractivity (Wildman–Crippen MR) is 82.1 cm³/mol. The molecule has 0 aromatic heterocycles. The van der Waals surface area contributed by atoms with Gasteiger partial charge in [0.05, 0.1) is 6.61 Å². The first kappa shape index (κ1) is 16.9. The molecule has 1 aliphatic carbocycles. The average Bonchev–Trinajstić information content (AvgIpc) is 2.36. The van der Waals surface area contributed by atoms with Crippen LogP contribution in [0, 0.1) is 11.3 Å². The fourth-order valence-corrected chi connectivity index (χ4v) is 3.67. The van der Waals surface area contributed by atoms with E-state index in [1.54, 1.807) is 0 Å². The van der Waals surface area contributed by atoms with Gasteiger partial charge in [0.25, 0.3) is 0 Å². The van der Waals surface area contributed by atoms with E-state index in [1.807, 2.05) is 0 Å². The molecule has 0 spiro atoms. The maximum absolute atomic E-state index is 9.30. The van der Waals surface area contributed by atoms with Crippen molar-refractivity contribution in [1.82, 2.24) is 4.90 Å². The quantitative estimate of drug-likeness (QED) is 0.747. The molecular weight excluding hydrogens is 236 g/mol. The first-order valence-corrected chi connectivity index (χ1v) is 8.06. The van der Waals surface area contributed by atoms with Crippen LogP contribution in [-0.2, 0) is 0 Å². The van der Waals surface area contributed by atoms with E-state index in [2.05, 4.69) is 32.6 Å². The van der Waals surface area contributed by atoms with Gasteiger partial charge in [-0.15, -0.1) is 0 Å². The van der Waals surface area contributed by atoms with Gasteiger partial charge in [-0.25, -0.2) is 0 Å². The topological polar surface area (TPSA) is 49.5 Å². The SMILES string of the molecule is CCC(CC)N(CCO)CC1CCCC(C)(C)C1N. The molecule has 1 fully saturated rings. The van der Waals surface area contributed by atoms with Gasteiger partial charge in [0.1, 0.15) is 0 Å². The highest BCUT2D eigenvalue weighted by atomic mass is 16.3. The van der Waals surface area contributed by atoms with Crippen molar-refractivity contribution in [3.63, 3.8) is 0 Å². The Labute approximate surface area is 119 Å². The molecule has 3 N–H and O–H groups in total. The molecule has 3 heteroatoms. The van der Waals surface area contributed by atoms with Gasteiger partial charge < -0.3 is 10.8 Å². The lowest BCUT2D eigenvalue weighted by Crippen LogP contribution is -2.52. The molecule has 0 bridgehead atoms. The molecule has 114 valence electrons. The summed E-state index contributed by atoms with van der Waals surface area (Å²) in [6, 6.07) is 0.876. The molecule has 3 nitrogen and oxygen atoms in total. The molecule has 0 aromatic rings. The summed E-state index contributed by atoms with van der Waals surface area (Å²) in [5.41, 5.74) is 6.76. The molecule has 0 aliphatic heterocycles. The summed E-state index contributed by atoms with van der Waals surface area (Å²) in [7, 11) is 0. The molecule has 0 saturated heterocycles. The summed E-state index contributed by atoms with van der Waals surface area (Å²) in [5.74, 6) is 0.580. The van der Waals surface area contributed by atoms with Crippen LogP contribution in [0.5, 0.6) is 0 Å². The molecule has 2 unspecified atom stereocenters. The van der Waals surface area contributed by atoms with Crippen molar-refractivity contribution in [3.05, 3.63) is 0 Å². The minimum absolute atomic E-state index is 0.252. The molecule has 1 rings (SSSR count). The summed E-state index contributed by atoms with van der Waals surface area (Å²) < 4.78 is 0. The first-order valence-electron chi connectivity index (χ1n) is 8.06. The van der Waals surface area contributed by atoms with Crippen LogP contribution in [0.2, 0.25) is 0 Å². The van der Waals surface area contributed by atoms with Gasteiger partial charge >= 0.3 is 0 Å². The fraction of sp³-hybridized carbons (Fsp3) is 1.00. The first-order chi connectivity index (χ1) is 8.96. The summed E-state index contributed by atoms with van der Waals surface area (Å²) in [5, 5.41) is 9.30. The van der Waals surface area contributed by atoms with Gasteiger partial charge in [-0.3, -0.25) is 4.90 Å². The lowest BCUT2D eigenvalue weighted by atomic mass is 9.68. The number of rotatable bonds is 7. The summed E-state index contributed by atoms with van der Waals surface area (Å²) >= 11 is 0. The zero-order chi connectivity index (χ0) is 14.5. The zero-order valence-corrected chi connectivity index (χ0v) is 13.4. The molecule has 0 aromatic carbocycles. The van der Waals surface area contributed by atoms with Gasteiger partial charge in [0, 0.05) is 25.2 Å². The number of nitrogens with two attached hydrogens (primary N) is 1. The number of nitrogens with zero attached hydrogens (tertiary/aromatic N) is 1. The Morgan fingerprint density at radius 1 is 1.32 bits per heavy atom. The number of aliphatic hydroxyl groups is 1. The highest BCUT2D eigenvalue weighted by Gasteiger charge is 2.37. The van der Waals surface area contributed by atoms with Crippen molar-refractivity contribution in [2.24, 2.45) is 17.1 Å². The van der Waals surface area contributed by atoms with Crippen LogP contribution in [0.3, 0.4) is 0 Å². The molecule has 19 heavy (non-hydrogen) atoms. The Hall–Kier alpha value is -0.120. The van der Waals surface area contributed by atoms with E-state index in [0.29, 0.717) is 12.0 Å². The van der Waals surface area contributed by atoms with Gasteiger partial charge in [-0.2, -0.15) is 0 Å². The highest BCUT2D eigenvalue weighted by Crippen LogP contribution is 2.38. The van der Waals surface area contributed by atoms with Gasteiger partial charge in [0.2, 0.25) is 0 Å². The van der Waals surface area contributed by atoms with Crippen LogP contribution in [0.15, 0.2) is 0 Å². The monoisotopic (exact) mass is 270 g/mol. The second-order valence-corrected chi connectivity index (χ2v) is 6.86. The van der Waals surface area contributed by atoms with E-state index in [4.69, 9.17) is 5.73 Å². The fourth-order valence-electron chi connectivity index (χ4n) is 3.67. The Morgan fingerprint density at radius 2 is 1.95 bits per heavy atom. The Bertz CT molecular complexity index is 249. The van der Waals surface area contributed by atoms with E-state index in [-0.39, 0.29) is 18.1 Å². The number of aliphatic hydroxyl groups excluding tert-OH is 1. The minimum atomic E-state index is 0.252. The van der Waals surface area contributed by atoms with E-state index >= 15 is 0 Å². The van der Waals surface area contributed by atoms with Gasteiger partial charge in [-0.1, -0.05) is 34.1 Å². The molecule has 0 heterocycles. The third kappa shape index (κ3) is 4.44. The maximum Gasteiger partial charge on any atom is 0.0558 e. The van der Waals surface area contributed by atoms with E-state index in [9.17, 15) is 5.11 Å². The van der Waals surface area contributed by atoms with Crippen LogP contribution in [0.4, 0.5) is 0 Å². The maximum atomic E-state index is 9.30. The summed E-state index contributed by atoms with van der Waals surface area (Å²) in [6.45, 7) is 11.2. The molecule has 1 aliphatic rings. The van der Waals surface area contributed by atoms with Crippen LogP contribution in [0.25, 0.3) is 0 Å². The van der Waals surface area contributed by atoms with Gasteiger partial charge in [0.15, 0.2) is 0 Å². The van der Waals surface area contributed by atoms with Crippen LogP contribution >= 0.6 is 0 Å². The summed E-state index contributed by atoms with van der Waals surface area (Å²) in [6.07, 6.45) is 6.09. The lowest BCUT2D eigenvalue weighted by molar-refractivity contribution is 0.0698. The van der Waals surface area contributed by atoms with Crippen molar-refractivity contribution >= 4 is 0 Å². The minimum Gasteiger partial charge on any atom is -0.395 e. The smallest absolute Gasteiger partial charge is 0.0558 e. The second-order valence-electron chi connectivity index (χ2n) is 6.86. The van der Waals surface area contributed by atoms with Crippen molar-refractivity contribution < 1.29 is 5.11 Å². The van der Waals surface area contributed by atoms with E-state index < -0.39 is 0 Å². The normalized spacial score (nSPS) is 27.2. The molecule has 0 radical (unpaired) electrons. The molecule has 0 amide bonds. The van der Waals surface area contributed by atoms with Crippen molar-refractivity contribution in [3.8, 4) is 0 Å². The molecule has 1 saturated carbocycles. The lowest BCUT2D eigenvalue weighted by Gasteiger charge is -2.44. The Balaban J connectivity index is 2.67. The average molecular weight is 270 g/mol.